The summed E-state index contributed by atoms with van der Waals surface area (Å²) in [5, 5.41) is 17.3. The molecule has 0 atom stereocenters. The standard InChI is InChI=1S/C13H10N6O3/c20-19(21)9-1-3-10(4-2-9)22-8-12-16-13(18-17-12)11-7-14-5-6-15-11/h1-7H,8H2,(H,16,17,18). The number of hydrogen-bond acceptors (Lipinski definition) is 7. The lowest BCUT2D eigenvalue weighted by Gasteiger charge is -2.02. The average molecular weight is 298 g/mol. The first-order valence-corrected chi connectivity index (χ1v) is 6.27. The summed E-state index contributed by atoms with van der Waals surface area (Å²) in [6.07, 6.45) is 4.68. The molecular weight excluding hydrogens is 288 g/mol. The number of H-pyrrole nitrogens is 1. The lowest BCUT2D eigenvalue weighted by Crippen LogP contribution is -1.98. The zero-order valence-corrected chi connectivity index (χ0v) is 11.2. The number of nitrogens with zero attached hydrogens (tertiary/aromatic N) is 5. The number of aromatic amines is 1. The van der Waals surface area contributed by atoms with Gasteiger partial charge in [-0.05, 0) is 12.1 Å². The van der Waals surface area contributed by atoms with E-state index in [1.165, 1.54) is 24.3 Å². The molecule has 0 aliphatic heterocycles. The van der Waals surface area contributed by atoms with Crippen LogP contribution in [0.1, 0.15) is 5.82 Å². The lowest BCUT2D eigenvalue weighted by atomic mass is 10.3. The number of nitrogens with one attached hydrogen (secondary N) is 1. The van der Waals surface area contributed by atoms with Gasteiger partial charge in [-0.1, -0.05) is 0 Å². The van der Waals surface area contributed by atoms with E-state index in [1.807, 2.05) is 0 Å². The third-order valence-electron chi connectivity index (χ3n) is 2.75. The third-order valence-corrected chi connectivity index (χ3v) is 2.75. The number of hydrogen-bond donors (Lipinski definition) is 1. The van der Waals surface area contributed by atoms with Crippen molar-refractivity contribution in [1.29, 1.82) is 0 Å². The molecule has 0 radical (unpaired) electrons. The smallest absolute Gasteiger partial charge is 0.269 e. The topological polar surface area (TPSA) is 120 Å². The van der Waals surface area contributed by atoms with E-state index in [9.17, 15) is 10.1 Å². The van der Waals surface area contributed by atoms with Gasteiger partial charge in [0, 0.05) is 24.5 Å². The predicted octanol–water partition coefficient (Wildman–Crippen LogP) is 1.75. The van der Waals surface area contributed by atoms with Crippen LogP contribution in [0.5, 0.6) is 5.75 Å². The van der Waals surface area contributed by atoms with Gasteiger partial charge in [0.2, 0.25) is 5.82 Å². The Morgan fingerprint density at radius 2 is 2.05 bits per heavy atom. The highest BCUT2D eigenvalue weighted by atomic mass is 16.6. The van der Waals surface area contributed by atoms with Gasteiger partial charge in [0.05, 0.1) is 11.1 Å². The number of nitro benzene ring substituents is 1. The molecule has 0 bridgehead atoms. The summed E-state index contributed by atoms with van der Waals surface area (Å²) in [6.45, 7) is 0.158. The summed E-state index contributed by atoms with van der Waals surface area (Å²) in [7, 11) is 0. The van der Waals surface area contributed by atoms with Crippen LogP contribution in [0.15, 0.2) is 42.9 Å². The molecular formula is C13H10N6O3. The van der Waals surface area contributed by atoms with Crippen LogP contribution in [0.25, 0.3) is 11.5 Å². The number of benzene rings is 1. The van der Waals surface area contributed by atoms with E-state index in [1.54, 1.807) is 18.6 Å². The number of ether oxygens (including phenoxy) is 1. The van der Waals surface area contributed by atoms with Gasteiger partial charge >= 0.3 is 0 Å². The molecule has 3 aromatic rings. The number of nitro groups is 1. The van der Waals surface area contributed by atoms with Gasteiger partial charge in [0.25, 0.3) is 5.69 Å². The maximum atomic E-state index is 10.6. The highest BCUT2D eigenvalue weighted by Crippen LogP contribution is 2.18. The van der Waals surface area contributed by atoms with Gasteiger partial charge in [-0.3, -0.25) is 20.2 Å². The first kappa shape index (κ1) is 13.6. The van der Waals surface area contributed by atoms with Crippen molar-refractivity contribution >= 4 is 5.69 Å². The van der Waals surface area contributed by atoms with Crippen molar-refractivity contribution in [2.45, 2.75) is 6.61 Å². The summed E-state index contributed by atoms with van der Waals surface area (Å²) in [4.78, 5) is 22.4. The molecule has 9 nitrogen and oxygen atoms in total. The SMILES string of the molecule is O=[N+]([O-])c1ccc(OCc2nc(-c3cnccn3)n[nH]2)cc1. The van der Waals surface area contributed by atoms with Gasteiger partial charge in [-0.25, -0.2) is 9.97 Å². The Morgan fingerprint density at radius 3 is 2.73 bits per heavy atom. The van der Waals surface area contributed by atoms with Crippen LogP contribution in [-0.2, 0) is 6.61 Å². The molecule has 0 amide bonds. The Morgan fingerprint density at radius 1 is 1.23 bits per heavy atom. The zero-order chi connectivity index (χ0) is 15.4. The number of non-ortho nitro benzene ring substituents is 1. The van der Waals surface area contributed by atoms with Gasteiger partial charge in [-0.15, -0.1) is 0 Å². The van der Waals surface area contributed by atoms with Crippen LogP contribution in [0, 0.1) is 10.1 Å². The summed E-state index contributed by atoms with van der Waals surface area (Å²) in [6, 6.07) is 5.80. The molecule has 0 fully saturated rings. The van der Waals surface area contributed by atoms with Crippen molar-refractivity contribution in [3.05, 3.63) is 58.8 Å². The second-order valence-corrected chi connectivity index (χ2v) is 4.24. The van der Waals surface area contributed by atoms with Crippen molar-refractivity contribution in [3.63, 3.8) is 0 Å². The molecule has 22 heavy (non-hydrogen) atoms. The van der Waals surface area contributed by atoms with E-state index in [-0.39, 0.29) is 12.3 Å². The van der Waals surface area contributed by atoms with Crippen molar-refractivity contribution in [2.24, 2.45) is 0 Å². The summed E-state index contributed by atoms with van der Waals surface area (Å²) in [5.41, 5.74) is 0.567. The Bertz CT molecular complexity index is 772. The quantitative estimate of drug-likeness (QED) is 0.562. The molecule has 1 N–H and O–H groups in total. The lowest BCUT2D eigenvalue weighted by molar-refractivity contribution is -0.384. The Labute approximate surface area is 124 Å². The highest BCUT2D eigenvalue weighted by molar-refractivity contribution is 5.45. The van der Waals surface area contributed by atoms with E-state index in [4.69, 9.17) is 4.74 Å². The fraction of sp³-hybridized carbons (Fsp3) is 0.0769. The van der Waals surface area contributed by atoms with Crippen molar-refractivity contribution in [3.8, 4) is 17.3 Å². The fourth-order valence-electron chi connectivity index (χ4n) is 1.70. The van der Waals surface area contributed by atoms with Crippen LogP contribution in [-0.4, -0.2) is 30.1 Å². The minimum Gasteiger partial charge on any atom is -0.486 e. The van der Waals surface area contributed by atoms with E-state index < -0.39 is 4.92 Å². The molecule has 3 rings (SSSR count). The molecule has 110 valence electrons. The molecule has 2 heterocycles. The predicted molar refractivity (Wildman–Crippen MR) is 74.8 cm³/mol. The summed E-state index contributed by atoms with van der Waals surface area (Å²) < 4.78 is 5.48. The molecule has 1 aromatic carbocycles. The molecule has 0 saturated heterocycles. The van der Waals surface area contributed by atoms with Gasteiger partial charge in [0.15, 0.2) is 5.82 Å². The average Bonchev–Trinajstić information content (AvgIpc) is 3.03. The van der Waals surface area contributed by atoms with Gasteiger partial charge < -0.3 is 4.74 Å². The van der Waals surface area contributed by atoms with Crippen molar-refractivity contribution in [1.82, 2.24) is 25.1 Å². The van der Waals surface area contributed by atoms with Crippen LogP contribution in [0.3, 0.4) is 0 Å². The Hall–Kier alpha value is -3.36. The van der Waals surface area contributed by atoms with Crippen LogP contribution < -0.4 is 4.74 Å². The second kappa shape index (κ2) is 5.95. The van der Waals surface area contributed by atoms with Gasteiger partial charge in [-0.2, -0.15) is 5.10 Å². The minimum atomic E-state index is -0.465. The van der Waals surface area contributed by atoms with Crippen LogP contribution >= 0.6 is 0 Å². The summed E-state index contributed by atoms with van der Waals surface area (Å²) >= 11 is 0. The molecule has 2 aromatic heterocycles. The maximum absolute atomic E-state index is 10.6. The molecule has 0 aliphatic rings. The molecule has 0 spiro atoms. The first-order valence-electron chi connectivity index (χ1n) is 6.27. The van der Waals surface area contributed by atoms with Crippen molar-refractivity contribution < 1.29 is 9.66 Å². The van der Waals surface area contributed by atoms with E-state index in [0.29, 0.717) is 23.1 Å². The van der Waals surface area contributed by atoms with Crippen LogP contribution in [0.4, 0.5) is 5.69 Å². The third kappa shape index (κ3) is 3.03. The zero-order valence-electron chi connectivity index (χ0n) is 11.2. The maximum Gasteiger partial charge on any atom is 0.269 e. The molecule has 0 saturated carbocycles. The molecule has 0 aliphatic carbocycles. The van der Waals surface area contributed by atoms with Crippen molar-refractivity contribution in [2.75, 3.05) is 0 Å². The Balaban J connectivity index is 1.65. The highest BCUT2D eigenvalue weighted by Gasteiger charge is 2.08. The fourth-order valence-corrected chi connectivity index (χ4v) is 1.70. The monoisotopic (exact) mass is 298 g/mol. The van der Waals surface area contributed by atoms with E-state index in [0.717, 1.165) is 0 Å². The first-order chi connectivity index (χ1) is 10.7. The molecule has 9 heteroatoms. The number of rotatable bonds is 5. The van der Waals surface area contributed by atoms with E-state index in [2.05, 4.69) is 25.1 Å². The second-order valence-electron chi connectivity index (χ2n) is 4.24. The Kier molecular flexibility index (Phi) is 3.69. The molecule has 0 unspecified atom stereocenters. The normalized spacial score (nSPS) is 10.4. The van der Waals surface area contributed by atoms with Crippen LogP contribution in [0.2, 0.25) is 0 Å². The number of aromatic nitrogens is 5. The van der Waals surface area contributed by atoms with E-state index >= 15 is 0 Å². The summed E-state index contributed by atoms with van der Waals surface area (Å²) in [5.74, 6) is 1.44. The van der Waals surface area contributed by atoms with Gasteiger partial charge in [0.1, 0.15) is 18.1 Å². The minimum absolute atomic E-state index is 0.0111. The largest absolute Gasteiger partial charge is 0.486 e.